The largest absolute Gasteiger partial charge is 0.493 e. The first-order valence-corrected chi connectivity index (χ1v) is 6.89. The Morgan fingerprint density at radius 3 is 2.39 bits per heavy atom. The minimum atomic E-state index is 0.581. The monoisotopic (exact) mass is 394 g/mol. The molecule has 2 nitrogen and oxygen atoms in total. The number of hydrogen-bond acceptors (Lipinski definition) is 2. The highest BCUT2D eigenvalue weighted by Gasteiger charge is 2.07. The number of rotatable bonds is 3. The van der Waals surface area contributed by atoms with Crippen LogP contribution in [0.2, 0.25) is 10.0 Å². The lowest BCUT2D eigenvalue weighted by Crippen LogP contribution is -1.90. The Hall–Kier alpha value is -0.650. The van der Waals surface area contributed by atoms with Gasteiger partial charge in [0.25, 0.3) is 0 Å². The number of hydrogen-bond donors (Lipinski definition) is 0. The van der Waals surface area contributed by atoms with Crippen molar-refractivity contribution in [3.63, 3.8) is 0 Å². The second-order valence-electron chi connectivity index (χ2n) is 3.50. The second kappa shape index (κ2) is 5.99. The summed E-state index contributed by atoms with van der Waals surface area (Å²) in [6, 6.07) is 10.7. The van der Waals surface area contributed by atoms with Gasteiger partial charge in [-0.2, -0.15) is 0 Å². The van der Waals surface area contributed by atoms with Crippen LogP contribution in [0.15, 0.2) is 36.4 Å². The Kier molecular flexibility index (Phi) is 4.59. The first-order valence-electron chi connectivity index (χ1n) is 5.06. The van der Waals surface area contributed by atoms with Gasteiger partial charge in [-0.25, -0.2) is 0 Å². The van der Waals surface area contributed by atoms with Crippen LogP contribution in [0.25, 0.3) is 0 Å². The highest BCUT2D eigenvalue weighted by atomic mass is 127. The smallest absolute Gasteiger partial charge is 0.169 e. The third-order valence-corrected chi connectivity index (χ3v) is 3.27. The van der Waals surface area contributed by atoms with Crippen molar-refractivity contribution in [1.29, 1.82) is 0 Å². The summed E-state index contributed by atoms with van der Waals surface area (Å²) in [7, 11) is 1.57. The molecular formula is C13H9Cl2IO2. The number of halogens is 3. The first-order chi connectivity index (χ1) is 8.58. The molecule has 0 saturated carbocycles. The molecule has 2 aromatic rings. The number of ether oxygens (including phenoxy) is 2. The molecule has 0 aliphatic rings. The fourth-order valence-electron chi connectivity index (χ4n) is 1.44. The topological polar surface area (TPSA) is 18.5 Å². The van der Waals surface area contributed by atoms with Gasteiger partial charge in [-0.15, -0.1) is 0 Å². The van der Waals surface area contributed by atoms with Crippen molar-refractivity contribution < 1.29 is 9.47 Å². The average Bonchev–Trinajstić information content (AvgIpc) is 2.30. The average molecular weight is 395 g/mol. The molecule has 94 valence electrons. The van der Waals surface area contributed by atoms with Gasteiger partial charge in [0.05, 0.1) is 7.11 Å². The predicted octanol–water partition coefficient (Wildman–Crippen LogP) is 5.40. The summed E-state index contributed by atoms with van der Waals surface area (Å²) in [6.45, 7) is 0. The molecule has 2 aromatic carbocycles. The summed E-state index contributed by atoms with van der Waals surface area (Å²) >= 11 is 14.0. The molecule has 2 rings (SSSR count). The molecule has 0 N–H and O–H groups in total. The van der Waals surface area contributed by atoms with Gasteiger partial charge in [-0.3, -0.25) is 0 Å². The van der Waals surface area contributed by atoms with Gasteiger partial charge >= 0.3 is 0 Å². The zero-order valence-corrected chi connectivity index (χ0v) is 13.1. The normalized spacial score (nSPS) is 10.2. The quantitative estimate of drug-likeness (QED) is 0.649. The zero-order chi connectivity index (χ0) is 13.1. The van der Waals surface area contributed by atoms with E-state index < -0.39 is 0 Å². The van der Waals surface area contributed by atoms with E-state index in [4.69, 9.17) is 32.7 Å². The van der Waals surface area contributed by atoms with Crippen molar-refractivity contribution in [3.05, 3.63) is 50.0 Å². The maximum absolute atomic E-state index is 5.98. The molecule has 0 aliphatic heterocycles. The summed E-state index contributed by atoms with van der Waals surface area (Å²) in [4.78, 5) is 0. The van der Waals surface area contributed by atoms with Gasteiger partial charge in [0.2, 0.25) is 0 Å². The van der Waals surface area contributed by atoms with E-state index in [0.717, 1.165) is 3.57 Å². The fraction of sp³-hybridized carbons (Fsp3) is 0.0769. The van der Waals surface area contributed by atoms with Gasteiger partial charge in [-0.05, 0) is 52.9 Å². The van der Waals surface area contributed by atoms with E-state index in [1.165, 1.54) is 0 Å². The van der Waals surface area contributed by atoms with Crippen LogP contribution in [0.1, 0.15) is 0 Å². The first kappa shape index (κ1) is 13.8. The highest BCUT2D eigenvalue weighted by Crippen LogP contribution is 2.35. The maximum atomic E-state index is 5.98. The number of benzene rings is 2. The SMILES string of the molecule is COc1cc(Cl)ccc1Oc1cc(Cl)cc(I)c1. The van der Waals surface area contributed by atoms with Gasteiger partial charge < -0.3 is 9.47 Å². The van der Waals surface area contributed by atoms with Crippen LogP contribution in [0.4, 0.5) is 0 Å². The molecule has 0 fully saturated rings. The Bertz CT molecular complexity index is 553. The van der Waals surface area contributed by atoms with Crippen molar-refractivity contribution in [2.75, 3.05) is 7.11 Å². The molecule has 18 heavy (non-hydrogen) atoms. The molecule has 0 heterocycles. The Morgan fingerprint density at radius 1 is 0.944 bits per heavy atom. The van der Waals surface area contributed by atoms with Crippen LogP contribution in [-0.2, 0) is 0 Å². The van der Waals surface area contributed by atoms with E-state index in [0.29, 0.717) is 27.3 Å². The fourth-order valence-corrected chi connectivity index (χ4v) is 2.65. The van der Waals surface area contributed by atoms with Gasteiger partial charge in [-0.1, -0.05) is 23.2 Å². The number of methoxy groups -OCH3 is 1. The van der Waals surface area contributed by atoms with Crippen LogP contribution in [0.5, 0.6) is 17.2 Å². The molecule has 0 radical (unpaired) electrons. The van der Waals surface area contributed by atoms with Gasteiger partial charge in [0.15, 0.2) is 11.5 Å². The van der Waals surface area contributed by atoms with Gasteiger partial charge in [0.1, 0.15) is 5.75 Å². The summed E-state index contributed by atoms with van der Waals surface area (Å²) in [6.07, 6.45) is 0. The lowest BCUT2D eigenvalue weighted by atomic mass is 10.3. The molecule has 5 heteroatoms. The van der Waals surface area contributed by atoms with E-state index in [1.54, 1.807) is 31.4 Å². The van der Waals surface area contributed by atoms with Crippen molar-refractivity contribution in [2.24, 2.45) is 0 Å². The molecule has 0 bridgehead atoms. The van der Waals surface area contributed by atoms with E-state index in [2.05, 4.69) is 22.6 Å². The maximum Gasteiger partial charge on any atom is 0.169 e. The zero-order valence-electron chi connectivity index (χ0n) is 9.41. The third kappa shape index (κ3) is 3.43. The minimum Gasteiger partial charge on any atom is -0.493 e. The molecule has 0 unspecified atom stereocenters. The molecule has 0 spiro atoms. The van der Waals surface area contributed by atoms with E-state index in [1.807, 2.05) is 12.1 Å². The standard InChI is InChI=1S/C13H9Cl2IO2/c1-17-13-6-8(14)2-3-12(13)18-11-5-9(15)4-10(16)7-11/h2-7H,1H3. The molecule has 0 atom stereocenters. The second-order valence-corrected chi connectivity index (χ2v) is 5.62. The van der Waals surface area contributed by atoms with Crippen LogP contribution in [-0.4, -0.2) is 7.11 Å². The van der Waals surface area contributed by atoms with Crippen molar-refractivity contribution >= 4 is 45.8 Å². The summed E-state index contributed by atoms with van der Waals surface area (Å²) < 4.78 is 12.0. The van der Waals surface area contributed by atoms with Crippen molar-refractivity contribution in [3.8, 4) is 17.2 Å². The predicted molar refractivity (Wildman–Crippen MR) is 82.2 cm³/mol. The van der Waals surface area contributed by atoms with Crippen LogP contribution in [0.3, 0.4) is 0 Å². The molecule has 0 saturated heterocycles. The van der Waals surface area contributed by atoms with E-state index in [-0.39, 0.29) is 0 Å². The minimum absolute atomic E-state index is 0.581. The highest BCUT2D eigenvalue weighted by molar-refractivity contribution is 14.1. The molecule has 0 amide bonds. The lowest BCUT2D eigenvalue weighted by molar-refractivity contribution is 0.379. The van der Waals surface area contributed by atoms with Crippen LogP contribution >= 0.6 is 45.8 Å². The van der Waals surface area contributed by atoms with Crippen molar-refractivity contribution in [1.82, 2.24) is 0 Å². The molecule has 0 aromatic heterocycles. The third-order valence-electron chi connectivity index (χ3n) is 2.19. The summed E-state index contributed by atoms with van der Waals surface area (Å²) in [5, 5.41) is 1.23. The van der Waals surface area contributed by atoms with Crippen LogP contribution < -0.4 is 9.47 Å². The Balaban J connectivity index is 2.33. The summed E-state index contributed by atoms with van der Waals surface area (Å²) in [5.74, 6) is 1.84. The molecule has 0 aliphatic carbocycles. The Labute approximate surface area is 129 Å². The van der Waals surface area contributed by atoms with Crippen LogP contribution in [0, 0.1) is 3.57 Å². The molecular weight excluding hydrogens is 386 g/mol. The van der Waals surface area contributed by atoms with Crippen molar-refractivity contribution in [2.45, 2.75) is 0 Å². The van der Waals surface area contributed by atoms with E-state index in [9.17, 15) is 0 Å². The lowest BCUT2D eigenvalue weighted by Gasteiger charge is -2.11. The van der Waals surface area contributed by atoms with E-state index >= 15 is 0 Å². The Morgan fingerprint density at radius 2 is 1.72 bits per heavy atom. The van der Waals surface area contributed by atoms with Gasteiger partial charge in [0, 0.05) is 19.7 Å². The summed E-state index contributed by atoms with van der Waals surface area (Å²) in [5.41, 5.74) is 0.